The van der Waals surface area contributed by atoms with Gasteiger partial charge in [-0.1, -0.05) is 72.3 Å². The lowest BCUT2D eigenvalue weighted by molar-refractivity contribution is 0.000740. The molecule has 0 radical (unpaired) electrons. The maximum absolute atomic E-state index is 13.7. The van der Waals surface area contributed by atoms with E-state index in [4.69, 9.17) is 4.74 Å². The number of nitrogens with zero attached hydrogens (tertiary/aromatic N) is 1. The highest BCUT2D eigenvalue weighted by molar-refractivity contribution is 5.85. The van der Waals surface area contributed by atoms with E-state index in [1.54, 1.807) is 12.1 Å². The second kappa shape index (κ2) is 10.4. The molecular weight excluding hydrogens is 413 g/mol. The largest absolute Gasteiger partial charge is 0.380 e. The number of ether oxygens (including phenoxy) is 1. The van der Waals surface area contributed by atoms with Crippen molar-refractivity contribution in [2.45, 2.75) is 18.4 Å². The Balaban J connectivity index is 0.00000272. The third-order valence-electron chi connectivity index (χ3n) is 6.03. The van der Waals surface area contributed by atoms with Crippen LogP contribution in [0, 0.1) is 12.7 Å². The molecule has 3 aromatic carbocycles. The minimum Gasteiger partial charge on any atom is -0.380 e. The zero-order chi connectivity index (χ0) is 21.0. The molecule has 1 aliphatic rings. The van der Waals surface area contributed by atoms with E-state index in [0.717, 1.165) is 29.8 Å². The van der Waals surface area contributed by atoms with Crippen LogP contribution >= 0.6 is 12.4 Å². The first kappa shape index (κ1) is 23.4. The summed E-state index contributed by atoms with van der Waals surface area (Å²) in [5.74, 6) is -0.542. The fraction of sp³-hybridized carbons (Fsp3) is 0.308. The zero-order valence-electron chi connectivity index (χ0n) is 17.7. The quantitative estimate of drug-likeness (QED) is 0.590. The summed E-state index contributed by atoms with van der Waals surface area (Å²) in [4.78, 5) is 2.34. The van der Waals surface area contributed by atoms with Crippen LogP contribution in [-0.4, -0.2) is 42.9 Å². The third-order valence-corrected chi connectivity index (χ3v) is 6.03. The van der Waals surface area contributed by atoms with Gasteiger partial charge in [-0.2, -0.15) is 0 Å². The van der Waals surface area contributed by atoms with Crippen molar-refractivity contribution in [1.29, 1.82) is 0 Å². The molecule has 2 atom stereocenters. The Hall–Kier alpha value is -2.24. The first-order valence-corrected chi connectivity index (χ1v) is 10.5. The van der Waals surface area contributed by atoms with E-state index in [1.165, 1.54) is 12.1 Å². The van der Waals surface area contributed by atoms with E-state index in [1.807, 2.05) is 49.4 Å². The molecule has 1 fully saturated rings. The summed E-state index contributed by atoms with van der Waals surface area (Å²) < 4.78 is 19.2. The number of aliphatic hydroxyl groups is 1. The minimum absolute atomic E-state index is 0. The average molecular weight is 442 g/mol. The van der Waals surface area contributed by atoms with Crippen LogP contribution in [0.4, 0.5) is 4.39 Å². The standard InChI is InChI=1S/C26H28FNO2.ClH/c1-20-7-9-22(10-8-20)26(29,23-11-13-24(27)14-12-23)25(21-5-3-2-4-6-21)19-28-15-17-30-18-16-28;/h2-14,25,29H,15-19H2,1H3;1H. The molecule has 1 heterocycles. The minimum atomic E-state index is -1.30. The van der Waals surface area contributed by atoms with Gasteiger partial charge in [-0.05, 0) is 35.7 Å². The van der Waals surface area contributed by atoms with E-state index < -0.39 is 5.60 Å². The van der Waals surface area contributed by atoms with Crippen LogP contribution in [-0.2, 0) is 10.3 Å². The molecule has 1 aliphatic heterocycles. The second-order valence-corrected chi connectivity index (χ2v) is 8.02. The van der Waals surface area contributed by atoms with Gasteiger partial charge >= 0.3 is 0 Å². The van der Waals surface area contributed by atoms with Crippen LogP contribution in [0.2, 0.25) is 0 Å². The lowest BCUT2D eigenvalue weighted by atomic mass is 9.72. The normalized spacial score (nSPS) is 17.4. The lowest BCUT2D eigenvalue weighted by Gasteiger charge is -2.41. The van der Waals surface area contributed by atoms with Gasteiger partial charge in [0.1, 0.15) is 11.4 Å². The highest BCUT2D eigenvalue weighted by atomic mass is 35.5. The topological polar surface area (TPSA) is 32.7 Å². The SMILES string of the molecule is Cc1ccc(C(O)(c2ccc(F)cc2)C(CN2CCOCC2)c2ccccc2)cc1.Cl. The van der Waals surface area contributed by atoms with Gasteiger partial charge in [0.2, 0.25) is 0 Å². The molecule has 2 unspecified atom stereocenters. The Kier molecular flexibility index (Phi) is 7.84. The molecule has 0 bridgehead atoms. The molecule has 0 amide bonds. The van der Waals surface area contributed by atoms with Gasteiger partial charge in [-0.3, -0.25) is 4.90 Å². The van der Waals surface area contributed by atoms with Gasteiger partial charge in [-0.25, -0.2) is 4.39 Å². The molecule has 0 aliphatic carbocycles. The van der Waals surface area contributed by atoms with Crippen molar-refractivity contribution in [2.75, 3.05) is 32.8 Å². The van der Waals surface area contributed by atoms with Crippen LogP contribution in [0.15, 0.2) is 78.9 Å². The molecule has 1 saturated heterocycles. The highest BCUT2D eigenvalue weighted by Gasteiger charge is 2.42. The first-order chi connectivity index (χ1) is 14.6. The average Bonchev–Trinajstić information content (AvgIpc) is 2.79. The third kappa shape index (κ3) is 5.16. The molecular formula is C26H29ClFNO2. The van der Waals surface area contributed by atoms with Gasteiger partial charge in [0.25, 0.3) is 0 Å². The van der Waals surface area contributed by atoms with Crippen LogP contribution in [0.5, 0.6) is 0 Å². The molecule has 0 aromatic heterocycles. The Morgan fingerprint density at radius 1 is 0.903 bits per heavy atom. The summed E-state index contributed by atoms with van der Waals surface area (Å²) in [5, 5.41) is 12.4. The fourth-order valence-electron chi connectivity index (χ4n) is 4.29. The van der Waals surface area contributed by atoms with Crippen molar-refractivity contribution in [1.82, 2.24) is 4.90 Å². The van der Waals surface area contributed by atoms with E-state index in [2.05, 4.69) is 17.0 Å². The van der Waals surface area contributed by atoms with Crippen LogP contribution in [0.1, 0.15) is 28.2 Å². The number of benzene rings is 3. The summed E-state index contributed by atoms with van der Waals surface area (Å²) in [7, 11) is 0. The molecule has 164 valence electrons. The maximum Gasteiger partial charge on any atom is 0.123 e. The van der Waals surface area contributed by atoms with Crippen molar-refractivity contribution in [2.24, 2.45) is 0 Å². The first-order valence-electron chi connectivity index (χ1n) is 10.5. The van der Waals surface area contributed by atoms with Crippen molar-refractivity contribution < 1.29 is 14.2 Å². The Bertz CT molecular complexity index is 896. The summed E-state index contributed by atoms with van der Waals surface area (Å²) in [6.45, 7) is 5.76. The van der Waals surface area contributed by atoms with Crippen molar-refractivity contribution in [3.8, 4) is 0 Å². The predicted octanol–water partition coefficient (Wildman–Crippen LogP) is 4.91. The summed E-state index contributed by atoms with van der Waals surface area (Å²) >= 11 is 0. The number of hydrogen-bond acceptors (Lipinski definition) is 3. The van der Waals surface area contributed by atoms with E-state index in [0.29, 0.717) is 25.3 Å². The summed E-state index contributed by atoms with van der Waals surface area (Å²) in [5.41, 5.74) is 2.37. The van der Waals surface area contributed by atoms with Crippen LogP contribution in [0.25, 0.3) is 0 Å². The second-order valence-electron chi connectivity index (χ2n) is 8.02. The van der Waals surface area contributed by atoms with Crippen LogP contribution in [0.3, 0.4) is 0 Å². The maximum atomic E-state index is 13.7. The van der Waals surface area contributed by atoms with E-state index in [-0.39, 0.29) is 24.1 Å². The molecule has 3 aromatic rings. The van der Waals surface area contributed by atoms with E-state index >= 15 is 0 Å². The van der Waals surface area contributed by atoms with Gasteiger partial charge in [0, 0.05) is 25.6 Å². The van der Waals surface area contributed by atoms with Gasteiger partial charge in [-0.15, -0.1) is 12.4 Å². The van der Waals surface area contributed by atoms with Crippen molar-refractivity contribution in [3.05, 3.63) is 107 Å². The molecule has 31 heavy (non-hydrogen) atoms. The predicted molar refractivity (Wildman–Crippen MR) is 124 cm³/mol. The number of rotatable bonds is 6. The number of hydrogen-bond donors (Lipinski definition) is 1. The summed E-state index contributed by atoms with van der Waals surface area (Å²) in [6, 6.07) is 24.3. The highest BCUT2D eigenvalue weighted by Crippen LogP contribution is 2.43. The smallest absolute Gasteiger partial charge is 0.123 e. The van der Waals surface area contributed by atoms with Crippen molar-refractivity contribution >= 4 is 12.4 Å². The Morgan fingerprint density at radius 3 is 2.03 bits per heavy atom. The Labute approximate surface area is 189 Å². The monoisotopic (exact) mass is 441 g/mol. The molecule has 5 heteroatoms. The lowest BCUT2D eigenvalue weighted by Crippen LogP contribution is -2.45. The van der Waals surface area contributed by atoms with Crippen LogP contribution < -0.4 is 0 Å². The Morgan fingerprint density at radius 2 is 1.45 bits per heavy atom. The fourth-order valence-corrected chi connectivity index (χ4v) is 4.29. The van der Waals surface area contributed by atoms with Crippen molar-refractivity contribution in [3.63, 3.8) is 0 Å². The summed E-state index contributed by atoms with van der Waals surface area (Å²) in [6.07, 6.45) is 0. The number of morpholine rings is 1. The van der Waals surface area contributed by atoms with Gasteiger partial charge in [0.15, 0.2) is 0 Å². The van der Waals surface area contributed by atoms with Gasteiger partial charge in [0.05, 0.1) is 13.2 Å². The zero-order valence-corrected chi connectivity index (χ0v) is 18.5. The molecule has 0 spiro atoms. The molecule has 3 nitrogen and oxygen atoms in total. The van der Waals surface area contributed by atoms with E-state index in [9.17, 15) is 9.50 Å². The molecule has 4 rings (SSSR count). The van der Waals surface area contributed by atoms with Gasteiger partial charge < -0.3 is 9.84 Å². The molecule has 1 N–H and O–H groups in total. The number of halogens is 2. The molecule has 0 saturated carbocycles. The number of aryl methyl sites for hydroxylation is 1.